The molecule has 0 aromatic heterocycles. The Morgan fingerprint density at radius 3 is 2.44 bits per heavy atom. The van der Waals surface area contributed by atoms with Crippen LogP contribution >= 0.6 is 0 Å². The zero-order valence-corrected chi connectivity index (χ0v) is 5.51. The normalized spacial score (nSPS) is 47.2. The first-order valence-corrected chi connectivity index (χ1v) is 3.80. The van der Waals surface area contributed by atoms with E-state index in [1.165, 1.54) is 25.7 Å². The van der Waals surface area contributed by atoms with Crippen LogP contribution in [0.3, 0.4) is 0 Å². The van der Waals surface area contributed by atoms with Crippen LogP contribution in [0.25, 0.3) is 0 Å². The zero-order valence-electron chi connectivity index (χ0n) is 5.51. The Morgan fingerprint density at radius 1 is 1.22 bits per heavy atom. The van der Waals surface area contributed by atoms with E-state index in [0.29, 0.717) is 5.92 Å². The standard InChI is InChI=1S/C8H11N/c9-5-8-4-6-1-2-7(8)3-6/h6-8H,1-4H2/t6-,7+,8-/m0/s1. The van der Waals surface area contributed by atoms with Gasteiger partial charge in [-0.25, -0.2) is 0 Å². The molecule has 2 fully saturated rings. The summed E-state index contributed by atoms with van der Waals surface area (Å²) in [6.45, 7) is 0. The van der Waals surface area contributed by atoms with Crippen LogP contribution < -0.4 is 0 Å². The quantitative estimate of drug-likeness (QED) is 0.480. The lowest BCUT2D eigenvalue weighted by Gasteiger charge is -2.12. The van der Waals surface area contributed by atoms with E-state index in [1.807, 2.05) is 0 Å². The minimum Gasteiger partial charge on any atom is -0.198 e. The summed E-state index contributed by atoms with van der Waals surface area (Å²) in [6.07, 6.45) is 5.31. The van der Waals surface area contributed by atoms with Crippen LogP contribution in [0.1, 0.15) is 25.7 Å². The Hall–Kier alpha value is -0.510. The topological polar surface area (TPSA) is 23.8 Å². The van der Waals surface area contributed by atoms with Gasteiger partial charge in [0, 0.05) is 5.92 Å². The van der Waals surface area contributed by atoms with Crippen molar-refractivity contribution in [3.63, 3.8) is 0 Å². The number of fused-ring (bicyclic) bond motifs is 2. The van der Waals surface area contributed by atoms with Crippen molar-refractivity contribution in [3.05, 3.63) is 0 Å². The van der Waals surface area contributed by atoms with E-state index >= 15 is 0 Å². The van der Waals surface area contributed by atoms with Crippen LogP contribution in [-0.4, -0.2) is 0 Å². The largest absolute Gasteiger partial charge is 0.198 e. The summed E-state index contributed by atoms with van der Waals surface area (Å²) in [5, 5.41) is 8.64. The molecule has 3 atom stereocenters. The van der Waals surface area contributed by atoms with E-state index in [-0.39, 0.29) is 0 Å². The van der Waals surface area contributed by atoms with Crippen molar-refractivity contribution in [3.8, 4) is 6.07 Å². The van der Waals surface area contributed by atoms with Crippen molar-refractivity contribution in [1.29, 1.82) is 5.26 Å². The van der Waals surface area contributed by atoms with Crippen LogP contribution in [0.5, 0.6) is 0 Å². The summed E-state index contributed by atoms with van der Waals surface area (Å²) in [6, 6.07) is 2.40. The van der Waals surface area contributed by atoms with Gasteiger partial charge < -0.3 is 0 Å². The van der Waals surface area contributed by atoms with Gasteiger partial charge >= 0.3 is 0 Å². The molecule has 0 spiro atoms. The first-order chi connectivity index (χ1) is 4.40. The predicted molar refractivity (Wildman–Crippen MR) is 34.6 cm³/mol. The smallest absolute Gasteiger partial charge is 0.0658 e. The molecule has 1 heteroatoms. The number of rotatable bonds is 0. The van der Waals surface area contributed by atoms with E-state index < -0.39 is 0 Å². The van der Waals surface area contributed by atoms with Crippen molar-refractivity contribution in [2.45, 2.75) is 25.7 Å². The van der Waals surface area contributed by atoms with E-state index in [1.54, 1.807) is 0 Å². The monoisotopic (exact) mass is 121 g/mol. The molecule has 2 bridgehead atoms. The fraction of sp³-hybridized carbons (Fsp3) is 0.875. The molecule has 0 N–H and O–H groups in total. The second-order valence-electron chi connectivity index (χ2n) is 3.41. The van der Waals surface area contributed by atoms with E-state index in [9.17, 15) is 0 Å². The Balaban J connectivity index is 2.12. The fourth-order valence-corrected chi connectivity index (χ4v) is 2.40. The third-order valence-corrected chi connectivity index (χ3v) is 2.90. The molecule has 2 rings (SSSR count). The molecule has 2 aliphatic carbocycles. The van der Waals surface area contributed by atoms with Gasteiger partial charge in [0.2, 0.25) is 0 Å². The summed E-state index contributed by atoms with van der Waals surface area (Å²) in [4.78, 5) is 0. The Bertz CT molecular complexity index is 156. The Morgan fingerprint density at radius 2 is 2.11 bits per heavy atom. The average Bonchev–Trinajstić information content (AvgIpc) is 2.45. The fourth-order valence-electron chi connectivity index (χ4n) is 2.40. The zero-order chi connectivity index (χ0) is 6.27. The highest BCUT2D eigenvalue weighted by Gasteiger charge is 2.39. The number of nitrogens with zero attached hydrogens (tertiary/aromatic N) is 1. The third kappa shape index (κ3) is 0.660. The van der Waals surface area contributed by atoms with Crippen molar-refractivity contribution in [2.75, 3.05) is 0 Å². The molecular formula is C8H11N. The van der Waals surface area contributed by atoms with Crippen molar-refractivity contribution < 1.29 is 0 Å². The SMILES string of the molecule is N#C[C@@H]1C[C@H]2CC[C@@H]1C2. The molecule has 0 aromatic carbocycles. The lowest BCUT2D eigenvalue weighted by molar-refractivity contribution is 0.402. The second kappa shape index (κ2) is 1.73. The summed E-state index contributed by atoms with van der Waals surface area (Å²) in [5.41, 5.74) is 0. The van der Waals surface area contributed by atoms with Gasteiger partial charge in [-0.2, -0.15) is 5.26 Å². The average molecular weight is 121 g/mol. The molecule has 0 saturated heterocycles. The molecule has 0 radical (unpaired) electrons. The van der Waals surface area contributed by atoms with E-state index in [0.717, 1.165) is 11.8 Å². The maximum absolute atomic E-state index is 8.64. The number of hydrogen-bond donors (Lipinski definition) is 0. The summed E-state index contributed by atoms with van der Waals surface area (Å²) in [5.74, 6) is 2.16. The van der Waals surface area contributed by atoms with Gasteiger partial charge in [-0.1, -0.05) is 6.42 Å². The van der Waals surface area contributed by atoms with Crippen LogP contribution in [0.15, 0.2) is 0 Å². The molecular weight excluding hydrogens is 110 g/mol. The van der Waals surface area contributed by atoms with Crippen LogP contribution in [0.2, 0.25) is 0 Å². The van der Waals surface area contributed by atoms with Gasteiger partial charge in [-0.05, 0) is 31.1 Å². The maximum Gasteiger partial charge on any atom is 0.0658 e. The highest BCUT2D eigenvalue weighted by molar-refractivity contribution is 4.99. The lowest BCUT2D eigenvalue weighted by atomic mass is 9.90. The van der Waals surface area contributed by atoms with Crippen LogP contribution in [0.4, 0.5) is 0 Å². The van der Waals surface area contributed by atoms with Crippen molar-refractivity contribution >= 4 is 0 Å². The molecule has 0 amide bonds. The molecule has 2 aliphatic rings. The summed E-state index contributed by atoms with van der Waals surface area (Å²) >= 11 is 0. The molecule has 0 aromatic rings. The Kier molecular flexibility index (Phi) is 1.02. The molecule has 48 valence electrons. The predicted octanol–water partition coefficient (Wildman–Crippen LogP) is 1.95. The van der Waals surface area contributed by atoms with Crippen LogP contribution in [0, 0.1) is 29.1 Å². The summed E-state index contributed by atoms with van der Waals surface area (Å²) < 4.78 is 0. The maximum atomic E-state index is 8.64. The van der Waals surface area contributed by atoms with Crippen molar-refractivity contribution in [2.24, 2.45) is 17.8 Å². The van der Waals surface area contributed by atoms with Gasteiger partial charge in [-0.15, -0.1) is 0 Å². The minimum atomic E-state index is 0.434. The number of hydrogen-bond acceptors (Lipinski definition) is 1. The second-order valence-corrected chi connectivity index (χ2v) is 3.41. The van der Waals surface area contributed by atoms with Gasteiger partial charge in [0.05, 0.1) is 6.07 Å². The molecule has 9 heavy (non-hydrogen) atoms. The number of nitriles is 1. The Labute approximate surface area is 55.7 Å². The first kappa shape index (κ1) is 5.29. The van der Waals surface area contributed by atoms with E-state index in [4.69, 9.17) is 5.26 Å². The highest BCUT2D eigenvalue weighted by Crippen LogP contribution is 2.47. The lowest BCUT2D eigenvalue weighted by Crippen LogP contribution is -2.06. The first-order valence-electron chi connectivity index (χ1n) is 3.80. The molecule has 2 saturated carbocycles. The van der Waals surface area contributed by atoms with E-state index in [2.05, 4.69) is 6.07 Å². The minimum absolute atomic E-state index is 0.434. The molecule has 0 heterocycles. The van der Waals surface area contributed by atoms with Crippen LogP contribution in [-0.2, 0) is 0 Å². The molecule has 1 nitrogen and oxygen atoms in total. The molecule has 0 unspecified atom stereocenters. The van der Waals surface area contributed by atoms with Crippen molar-refractivity contribution in [1.82, 2.24) is 0 Å². The van der Waals surface area contributed by atoms with Gasteiger partial charge in [0.25, 0.3) is 0 Å². The third-order valence-electron chi connectivity index (χ3n) is 2.90. The highest BCUT2D eigenvalue weighted by atomic mass is 14.4. The van der Waals surface area contributed by atoms with Gasteiger partial charge in [0.1, 0.15) is 0 Å². The molecule has 0 aliphatic heterocycles. The van der Waals surface area contributed by atoms with Gasteiger partial charge in [-0.3, -0.25) is 0 Å². The summed E-state index contributed by atoms with van der Waals surface area (Å²) in [7, 11) is 0. The van der Waals surface area contributed by atoms with Gasteiger partial charge in [0.15, 0.2) is 0 Å².